The van der Waals surface area contributed by atoms with Crippen LogP contribution >= 0.6 is 0 Å². The minimum Gasteiger partial charge on any atom is -0.507 e. The standard InChI is InChI=1S/C23H18FNO6/c1-12-5-7-16(26)15(10-12)25-20(18-4-3-9-31-18)19(22(28)23(25)29)21(27)14-11-13(24)6-8-17(14)30-2/h3-11,20,26-27H,1-2H3/b21-19-. The summed E-state index contributed by atoms with van der Waals surface area (Å²) in [7, 11) is 1.33. The minimum absolute atomic E-state index is 0.0776. The fraction of sp³-hybridized carbons (Fsp3) is 0.130. The van der Waals surface area contributed by atoms with Crippen molar-refractivity contribution in [2.75, 3.05) is 12.0 Å². The summed E-state index contributed by atoms with van der Waals surface area (Å²) in [4.78, 5) is 27.1. The summed E-state index contributed by atoms with van der Waals surface area (Å²) in [6, 6.07) is 9.95. The van der Waals surface area contributed by atoms with Gasteiger partial charge in [-0.2, -0.15) is 0 Å². The third-order valence-electron chi connectivity index (χ3n) is 5.06. The zero-order valence-corrected chi connectivity index (χ0v) is 16.6. The van der Waals surface area contributed by atoms with Crippen LogP contribution in [0.5, 0.6) is 11.5 Å². The Morgan fingerprint density at radius 1 is 1.16 bits per heavy atom. The number of aryl methyl sites for hydroxylation is 1. The van der Waals surface area contributed by atoms with Crippen molar-refractivity contribution in [2.45, 2.75) is 13.0 Å². The van der Waals surface area contributed by atoms with E-state index in [0.29, 0.717) is 0 Å². The summed E-state index contributed by atoms with van der Waals surface area (Å²) in [5.74, 6) is -3.20. The van der Waals surface area contributed by atoms with Crippen LogP contribution in [0.15, 0.2) is 64.8 Å². The van der Waals surface area contributed by atoms with Crippen molar-refractivity contribution in [3.63, 3.8) is 0 Å². The van der Waals surface area contributed by atoms with Crippen molar-refractivity contribution in [1.29, 1.82) is 0 Å². The van der Waals surface area contributed by atoms with Gasteiger partial charge in [0, 0.05) is 0 Å². The Balaban J connectivity index is 1.99. The molecule has 4 rings (SSSR count). The number of ketones is 1. The van der Waals surface area contributed by atoms with E-state index in [9.17, 15) is 24.2 Å². The lowest BCUT2D eigenvalue weighted by Gasteiger charge is -2.24. The van der Waals surface area contributed by atoms with E-state index in [0.717, 1.165) is 22.6 Å². The van der Waals surface area contributed by atoms with Crippen molar-refractivity contribution in [3.8, 4) is 11.5 Å². The number of hydrogen-bond donors (Lipinski definition) is 2. The number of nitrogens with zero attached hydrogens (tertiary/aromatic N) is 1. The van der Waals surface area contributed by atoms with Crippen molar-refractivity contribution in [3.05, 3.63) is 83.1 Å². The molecule has 2 aromatic carbocycles. The molecule has 1 aromatic heterocycles. The molecule has 1 aliphatic rings. The zero-order chi connectivity index (χ0) is 22.3. The first-order valence-electron chi connectivity index (χ1n) is 9.31. The second kappa shape index (κ2) is 7.64. The number of aliphatic hydroxyl groups is 1. The molecule has 1 amide bonds. The van der Waals surface area contributed by atoms with Gasteiger partial charge in [0.15, 0.2) is 0 Å². The Morgan fingerprint density at radius 3 is 2.61 bits per heavy atom. The number of ether oxygens (including phenoxy) is 1. The molecule has 2 heterocycles. The first-order valence-corrected chi connectivity index (χ1v) is 9.31. The van der Waals surface area contributed by atoms with E-state index >= 15 is 0 Å². The molecule has 2 N–H and O–H groups in total. The van der Waals surface area contributed by atoms with Crippen molar-refractivity contribution >= 4 is 23.1 Å². The topological polar surface area (TPSA) is 100 Å². The van der Waals surface area contributed by atoms with Crippen LogP contribution in [-0.4, -0.2) is 29.0 Å². The molecule has 1 unspecified atom stereocenters. The first-order chi connectivity index (χ1) is 14.8. The number of phenolic OH excluding ortho intramolecular Hbond substituents is 1. The molecular weight excluding hydrogens is 405 g/mol. The van der Waals surface area contributed by atoms with Crippen molar-refractivity contribution in [2.24, 2.45) is 0 Å². The van der Waals surface area contributed by atoms with E-state index < -0.39 is 29.3 Å². The third-order valence-corrected chi connectivity index (χ3v) is 5.06. The smallest absolute Gasteiger partial charge is 0.300 e. The van der Waals surface area contributed by atoms with E-state index in [-0.39, 0.29) is 34.1 Å². The summed E-state index contributed by atoms with van der Waals surface area (Å²) in [6.07, 6.45) is 1.36. The number of aliphatic hydroxyl groups excluding tert-OH is 1. The number of phenols is 1. The van der Waals surface area contributed by atoms with E-state index in [1.54, 1.807) is 25.1 Å². The van der Waals surface area contributed by atoms with Gasteiger partial charge in [0.2, 0.25) is 0 Å². The second-order valence-corrected chi connectivity index (χ2v) is 7.02. The number of carbonyl (C=O) groups is 2. The molecule has 0 bridgehead atoms. The number of aromatic hydroxyl groups is 1. The monoisotopic (exact) mass is 423 g/mol. The number of carbonyl (C=O) groups excluding carboxylic acids is 2. The van der Waals surface area contributed by atoms with E-state index in [2.05, 4.69) is 0 Å². The van der Waals surface area contributed by atoms with Gasteiger partial charge in [-0.15, -0.1) is 0 Å². The Kier molecular flexibility index (Phi) is 4.98. The summed E-state index contributed by atoms with van der Waals surface area (Å²) >= 11 is 0. The summed E-state index contributed by atoms with van der Waals surface area (Å²) in [5.41, 5.74) is 0.406. The number of furan rings is 1. The number of hydrogen-bond acceptors (Lipinski definition) is 6. The highest BCUT2D eigenvalue weighted by atomic mass is 19.1. The predicted molar refractivity (Wildman–Crippen MR) is 109 cm³/mol. The Hall–Kier alpha value is -4.07. The maximum Gasteiger partial charge on any atom is 0.300 e. The molecule has 0 aliphatic carbocycles. The van der Waals surface area contributed by atoms with Gasteiger partial charge < -0.3 is 19.4 Å². The first kappa shape index (κ1) is 20.2. The molecule has 158 valence electrons. The molecule has 3 aromatic rings. The van der Waals surface area contributed by atoms with E-state index in [1.807, 2.05) is 0 Å². The molecular formula is C23H18FNO6. The van der Waals surface area contributed by atoms with Crippen LogP contribution in [-0.2, 0) is 9.59 Å². The molecule has 0 spiro atoms. The molecule has 0 radical (unpaired) electrons. The minimum atomic E-state index is -1.18. The lowest BCUT2D eigenvalue weighted by molar-refractivity contribution is -0.132. The van der Waals surface area contributed by atoms with Crippen LogP contribution in [0.2, 0.25) is 0 Å². The van der Waals surface area contributed by atoms with Crippen LogP contribution in [0.4, 0.5) is 10.1 Å². The van der Waals surface area contributed by atoms with Gasteiger partial charge in [0.1, 0.15) is 34.9 Å². The predicted octanol–water partition coefficient (Wildman–Crippen LogP) is 4.07. The molecule has 1 fully saturated rings. The van der Waals surface area contributed by atoms with Gasteiger partial charge >= 0.3 is 0 Å². The summed E-state index contributed by atoms with van der Waals surface area (Å²) < 4.78 is 24.5. The third kappa shape index (κ3) is 3.31. The molecule has 7 nitrogen and oxygen atoms in total. The van der Waals surface area contributed by atoms with Gasteiger partial charge in [-0.1, -0.05) is 6.07 Å². The lowest BCUT2D eigenvalue weighted by Crippen LogP contribution is -2.29. The van der Waals surface area contributed by atoms with Crippen LogP contribution in [0.1, 0.15) is 22.9 Å². The normalized spacial score (nSPS) is 17.9. The molecule has 0 saturated carbocycles. The largest absolute Gasteiger partial charge is 0.507 e. The number of benzene rings is 2. The fourth-order valence-corrected chi connectivity index (χ4v) is 3.63. The number of anilines is 1. The number of Topliss-reactive ketones (excluding diaryl/α,β-unsaturated/α-hetero) is 1. The highest BCUT2D eigenvalue weighted by Crippen LogP contribution is 2.45. The number of halogens is 1. The highest BCUT2D eigenvalue weighted by Gasteiger charge is 2.49. The molecule has 31 heavy (non-hydrogen) atoms. The van der Waals surface area contributed by atoms with Crippen LogP contribution < -0.4 is 9.64 Å². The van der Waals surface area contributed by atoms with Crippen molar-refractivity contribution < 1.29 is 33.3 Å². The van der Waals surface area contributed by atoms with E-state index in [4.69, 9.17) is 9.15 Å². The Labute approximate surface area is 176 Å². The van der Waals surface area contributed by atoms with Crippen LogP contribution in [0.25, 0.3) is 5.76 Å². The van der Waals surface area contributed by atoms with Gasteiger partial charge in [0.05, 0.1) is 30.2 Å². The molecule has 1 atom stereocenters. The highest BCUT2D eigenvalue weighted by molar-refractivity contribution is 6.51. The maximum atomic E-state index is 13.9. The van der Waals surface area contributed by atoms with Crippen LogP contribution in [0.3, 0.4) is 0 Å². The summed E-state index contributed by atoms with van der Waals surface area (Å²) in [5, 5.41) is 21.4. The van der Waals surface area contributed by atoms with Crippen molar-refractivity contribution in [1.82, 2.24) is 0 Å². The van der Waals surface area contributed by atoms with E-state index in [1.165, 1.54) is 31.6 Å². The average Bonchev–Trinajstić information content (AvgIpc) is 3.36. The quantitative estimate of drug-likeness (QED) is 0.373. The Morgan fingerprint density at radius 2 is 1.94 bits per heavy atom. The number of amides is 1. The maximum absolute atomic E-state index is 13.9. The molecule has 1 aliphatic heterocycles. The second-order valence-electron chi connectivity index (χ2n) is 7.02. The molecule has 1 saturated heterocycles. The average molecular weight is 423 g/mol. The van der Waals surface area contributed by atoms with Gasteiger partial charge in [-0.3, -0.25) is 14.5 Å². The summed E-state index contributed by atoms with van der Waals surface area (Å²) in [6.45, 7) is 1.76. The number of rotatable bonds is 4. The van der Waals surface area contributed by atoms with Gasteiger partial charge in [-0.25, -0.2) is 4.39 Å². The fourth-order valence-electron chi connectivity index (χ4n) is 3.63. The molecule has 8 heteroatoms. The Bertz CT molecular complexity index is 1210. The zero-order valence-electron chi connectivity index (χ0n) is 16.6. The number of methoxy groups -OCH3 is 1. The van der Waals surface area contributed by atoms with Crippen LogP contribution in [0, 0.1) is 12.7 Å². The van der Waals surface area contributed by atoms with Gasteiger partial charge in [0.25, 0.3) is 11.7 Å². The SMILES string of the molecule is COc1ccc(F)cc1/C(O)=C1/C(=O)C(=O)N(c2cc(C)ccc2O)C1c1ccco1. The van der Waals surface area contributed by atoms with Gasteiger partial charge in [-0.05, 0) is 55.0 Å². The lowest BCUT2D eigenvalue weighted by atomic mass is 9.98.